The van der Waals surface area contributed by atoms with Gasteiger partial charge in [-0.25, -0.2) is 9.97 Å². The number of nitrogens with zero attached hydrogens (tertiary/aromatic N) is 4. The number of hydrogen-bond acceptors (Lipinski definition) is 6. The van der Waals surface area contributed by atoms with Gasteiger partial charge >= 0.3 is 0 Å². The molecule has 0 unspecified atom stereocenters. The Morgan fingerprint density at radius 1 is 1.32 bits per heavy atom. The zero-order valence-electron chi connectivity index (χ0n) is 15.2. The Bertz CT molecular complexity index is 714. The van der Waals surface area contributed by atoms with Gasteiger partial charge < -0.3 is 10.6 Å². The number of piperidine rings is 1. The number of nitrogens with one attached hydrogen (secondary N) is 3. The van der Waals surface area contributed by atoms with Gasteiger partial charge in [-0.3, -0.25) is 10.1 Å². The number of aryl methyl sites for hydroxylation is 1. The van der Waals surface area contributed by atoms with Gasteiger partial charge in [-0.2, -0.15) is 5.10 Å². The standard InChI is InChI=1S/C18H27N7/c1-12(2)15-8-17(25-24-15)23-18-11-21-16(13(3)22-18)10-20-9-14-4-6-19-7-5-14/h8,10-12,14,19H,4-7,9H2,1-3H3,(H2,22,23,24,25). The van der Waals surface area contributed by atoms with E-state index in [0.29, 0.717) is 17.7 Å². The number of aliphatic imine (C=N–C) groups is 1. The molecule has 134 valence electrons. The van der Waals surface area contributed by atoms with Crippen molar-refractivity contribution in [3.05, 3.63) is 29.3 Å². The summed E-state index contributed by atoms with van der Waals surface area (Å²) in [6.45, 7) is 9.27. The normalized spacial score (nSPS) is 16.0. The third-order valence-corrected chi connectivity index (χ3v) is 4.50. The minimum absolute atomic E-state index is 0.411. The van der Waals surface area contributed by atoms with E-state index < -0.39 is 0 Å². The highest BCUT2D eigenvalue weighted by molar-refractivity contribution is 5.78. The van der Waals surface area contributed by atoms with E-state index in [1.807, 2.05) is 19.2 Å². The van der Waals surface area contributed by atoms with Crippen molar-refractivity contribution in [2.24, 2.45) is 10.9 Å². The van der Waals surface area contributed by atoms with Crippen molar-refractivity contribution < 1.29 is 0 Å². The Kier molecular flexibility index (Phi) is 5.75. The first-order valence-electron chi connectivity index (χ1n) is 8.98. The smallest absolute Gasteiger partial charge is 0.153 e. The van der Waals surface area contributed by atoms with Crippen LogP contribution in [-0.4, -0.2) is 46.0 Å². The fourth-order valence-electron chi connectivity index (χ4n) is 2.86. The van der Waals surface area contributed by atoms with Gasteiger partial charge in [-0.1, -0.05) is 13.8 Å². The van der Waals surface area contributed by atoms with Crippen molar-refractivity contribution in [1.82, 2.24) is 25.5 Å². The molecule has 3 rings (SSSR count). The molecular weight excluding hydrogens is 314 g/mol. The van der Waals surface area contributed by atoms with E-state index in [2.05, 4.69) is 49.6 Å². The Balaban J connectivity index is 1.59. The molecule has 25 heavy (non-hydrogen) atoms. The first-order valence-corrected chi connectivity index (χ1v) is 8.98. The van der Waals surface area contributed by atoms with Crippen molar-refractivity contribution in [2.75, 3.05) is 25.0 Å². The predicted molar refractivity (Wildman–Crippen MR) is 101 cm³/mol. The molecule has 3 heterocycles. The zero-order chi connectivity index (χ0) is 17.6. The first kappa shape index (κ1) is 17.5. The second-order valence-electron chi connectivity index (χ2n) is 6.90. The molecule has 2 aromatic heterocycles. The summed E-state index contributed by atoms with van der Waals surface area (Å²) in [5.74, 6) is 2.54. The highest BCUT2D eigenvalue weighted by Crippen LogP contribution is 2.18. The lowest BCUT2D eigenvalue weighted by Crippen LogP contribution is -2.29. The summed E-state index contributed by atoms with van der Waals surface area (Å²) in [5.41, 5.74) is 2.77. The Morgan fingerprint density at radius 2 is 2.12 bits per heavy atom. The van der Waals surface area contributed by atoms with Gasteiger partial charge in [-0.15, -0.1) is 0 Å². The lowest BCUT2D eigenvalue weighted by molar-refractivity contribution is 0.383. The average molecular weight is 341 g/mol. The van der Waals surface area contributed by atoms with Crippen LogP contribution in [0.2, 0.25) is 0 Å². The van der Waals surface area contributed by atoms with Crippen LogP contribution in [0.25, 0.3) is 0 Å². The molecule has 0 saturated carbocycles. The maximum atomic E-state index is 4.57. The number of hydrogen-bond donors (Lipinski definition) is 3. The zero-order valence-corrected chi connectivity index (χ0v) is 15.2. The second-order valence-corrected chi connectivity index (χ2v) is 6.90. The molecule has 1 aliphatic heterocycles. The Hall–Kier alpha value is -2.28. The number of aromatic nitrogens is 4. The van der Waals surface area contributed by atoms with Crippen LogP contribution < -0.4 is 10.6 Å². The molecule has 3 N–H and O–H groups in total. The highest BCUT2D eigenvalue weighted by atomic mass is 15.2. The van der Waals surface area contributed by atoms with Gasteiger partial charge in [0, 0.05) is 24.5 Å². The molecule has 1 aliphatic rings. The first-order chi connectivity index (χ1) is 12.1. The molecule has 7 nitrogen and oxygen atoms in total. The van der Waals surface area contributed by atoms with E-state index in [1.54, 1.807) is 6.20 Å². The highest BCUT2D eigenvalue weighted by Gasteiger charge is 2.12. The van der Waals surface area contributed by atoms with Crippen LogP contribution in [0.4, 0.5) is 11.6 Å². The fourth-order valence-corrected chi connectivity index (χ4v) is 2.86. The van der Waals surface area contributed by atoms with Gasteiger partial charge in [0.25, 0.3) is 0 Å². The van der Waals surface area contributed by atoms with Crippen molar-refractivity contribution in [1.29, 1.82) is 0 Å². The maximum absolute atomic E-state index is 4.57. The van der Waals surface area contributed by atoms with Gasteiger partial charge in [0.1, 0.15) is 11.5 Å². The SMILES string of the molecule is Cc1nc(Nc2cc(C(C)C)[nH]n2)cnc1C=NCC1CCNCC1. The lowest BCUT2D eigenvalue weighted by atomic mass is 9.99. The van der Waals surface area contributed by atoms with Gasteiger partial charge in [0.05, 0.1) is 11.9 Å². The fraction of sp³-hybridized carbons (Fsp3) is 0.556. The monoisotopic (exact) mass is 341 g/mol. The molecule has 0 atom stereocenters. The molecule has 1 fully saturated rings. The average Bonchev–Trinajstić information content (AvgIpc) is 3.07. The Labute approximate surface area is 148 Å². The van der Waals surface area contributed by atoms with E-state index in [0.717, 1.165) is 42.5 Å². The van der Waals surface area contributed by atoms with Crippen LogP contribution in [0.5, 0.6) is 0 Å². The van der Waals surface area contributed by atoms with Crippen molar-refractivity contribution >= 4 is 17.9 Å². The molecule has 0 amide bonds. The summed E-state index contributed by atoms with van der Waals surface area (Å²) in [7, 11) is 0. The summed E-state index contributed by atoms with van der Waals surface area (Å²) >= 11 is 0. The summed E-state index contributed by atoms with van der Waals surface area (Å²) in [4.78, 5) is 13.6. The van der Waals surface area contributed by atoms with Crippen LogP contribution in [0.3, 0.4) is 0 Å². The number of anilines is 2. The minimum Gasteiger partial charge on any atom is -0.322 e. The van der Waals surface area contributed by atoms with Gasteiger partial charge in [0.15, 0.2) is 5.82 Å². The summed E-state index contributed by atoms with van der Waals surface area (Å²) < 4.78 is 0. The molecule has 2 aromatic rings. The lowest BCUT2D eigenvalue weighted by Gasteiger charge is -2.20. The Morgan fingerprint density at radius 3 is 2.80 bits per heavy atom. The summed E-state index contributed by atoms with van der Waals surface area (Å²) in [5, 5.41) is 13.8. The van der Waals surface area contributed by atoms with Crippen molar-refractivity contribution in [2.45, 2.75) is 39.5 Å². The number of aromatic amines is 1. The molecule has 0 bridgehead atoms. The predicted octanol–water partition coefficient (Wildman–Crippen LogP) is 2.79. The topological polar surface area (TPSA) is 90.9 Å². The molecule has 0 aromatic carbocycles. The van der Waals surface area contributed by atoms with Crippen LogP contribution in [0, 0.1) is 12.8 Å². The molecule has 0 spiro atoms. The van der Waals surface area contributed by atoms with Crippen LogP contribution in [0.15, 0.2) is 17.3 Å². The van der Waals surface area contributed by atoms with Crippen molar-refractivity contribution in [3.8, 4) is 0 Å². The quantitative estimate of drug-likeness (QED) is 0.703. The van der Waals surface area contributed by atoms with Crippen LogP contribution in [-0.2, 0) is 0 Å². The molecule has 0 radical (unpaired) electrons. The minimum atomic E-state index is 0.411. The van der Waals surface area contributed by atoms with Gasteiger partial charge in [-0.05, 0) is 44.7 Å². The van der Waals surface area contributed by atoms with Crippen LogP contribution >= 0.6 is 0 Å². The van der Waals surface area contributed by atoms with E-state index in [9.17, 15) is 0 Å². The van der Waals surface area contributed by atoms with E-state index in [4.69, 9.17) is 0 Å². The van der Waals surface area contributed by atoms with E-state index >= 15 is 0 Å². The maximum Gasteiger partial charge on any atom is 0.153 e. The number of H-pyrrole nitrogens is 1. The molecule has 0 aliphatic carbocycles. The van der Waals surface area contributed by atoms with Crippen molar-refractivity contribution in [3.63, 3.8) is 0 Å². The summed E-state index contributed by atoms with van der Waals surface area (Å²) in [6.07, 6.45) is 5.97. The molecule has 7 heteroatoms. The summed E-state index contributed by atoms with van der Waals surface area (Å²) in [6, 6.07) is 2.00. The third-order valence-electron chi connectivity index (χ3n) is 4.50. The molecular formula is C18H27N7. The second kappa shape index (κ2) is 8.20. The van der Waals surface area contributed by atoms with E-state index in [-0.39, 0.29) is 0 Å². The third kappa shape index (κ3) is 4.85. The number of rotatable bonds is 6. The van der Waals surface area contributed by atoms with Crippen LogP contribution in [0.1, 0.15) is 49.7 Å². The van der Waals surface area contributed by atoms with Gasteiger partial charge in [0.2, 0.25) is 0 Å². The largest absolute Gasteiger partial charge is 0.322 e. The van der Waals surface area contributed by atoms with E-state index in [1.165, 1.54) is 12.8 Å². The molecule has 1 saturated heterocycles.